The lowest BCUT2D eigenvalue weighted by atomic mass is 10.1. The summed E-state index contributed by atoms with van der Waals surface area (Å²) in [5, 5.41) is 10.3. The predicted molar refractivity (Wildman–Crippen MR) is 95.2 cm³/mol. The molecule has 0 saturated carbocycles. The summed E-state index contributed by atoms with van der Waals surface area (Å²) < 4.78 is 28.7. The monoisotopic (exact) mass is 372 g/mol. The third kappa shape index (κ3) is 4.08. The molecule has 3 rings (SSSR count). The van der Waals surface area contributed by atoms with Gasteiger partial charge in [-0.2, -0.15) is 0 Å². The van der Waals surface area contributed by atoms with E-state index in [4.69, 9.17) is 13.9 Å². The number of ether oxygens (including phenoxy) is 2. The van der Waals surface area contributed by atoms with Crippen LogP contribution in [0.1, 0.15) is 18.1 Å². The molecule has 0 radical (unpaired) electrons. The van der Waals surface area contributed by atoms with Crippen LogP contribution in [0.2, 0.25) is 0 Å². The highest BCUT2D eigenvalue weighted by molar-refractivity contribution is 5.85. The summed E-state index contributed by atoms with van der Waals surface area (Å²) in [5.74, 6) is -0.719. The van der Waals surface area contributed by atoms with Crippen molar-refractivity contribution in [3.05, 3.63) is 69.8 Å². The van der Waals surface area contributed by atoms with Crippen LogP contribution >= 0.6 is 0 Å². The summed E-state index contributed by atoms with van der Waals surface area (Å²) in [5.41, 5.74) is 0.500. The molecule has 6 nitrogen and oxygen atoms in total. The molecule has 1 aromatic heterocycles. The molecule has 7 heteroatoms. The molecular weight excluding hydrogens is 355 g/mol. The van der Waals surface area contributed by atoms with Gasteiger partial charge in [0.25, 0.3) is 0 Å². The summed E-state index contributed by atoms with van der Waals surface area (Å²) in [6, 6.07) is 9.55. The summed E-state index contributed by atoms with van der Waals surface area (Å²) in [4.78, 5) is 23.9. The molecule has 0 saturated heterocycles. The third-order valence-electron chi connectivity index (χ3n) is 4.05. The first-order chi connectivity index (χ1) is 12.8. The molecule has 0 bridgehead atoms. The third-order valence-corrected chi connectivity index (χ3v) is 4.05. The standard InChI is InChI=1S/C20H17FO6/c1-11-17(22)8-7-16-13(9-18(23)27-19(11)16)10-25-20(24)12(2)26-15-5-3-14(21)4-6-15/h3-9,12,22H,10H2,1-2H3/t12-/m1/s1. The van der Waals surface area contributed by atoms with Crippen molar-refractivity contribution in [2.24, 2.45) is 0 Å². The molecule has 0 amide bonds. The Morgan fingerprint density at radius 1 is 1.22 bits per heavy atom. The molecule has 3 aromatic rings. The van der Waals surface area contributed by atoms with Gasteiger partial charge in [0.05, 0.1) is 0 Å². The van der Waals surface area contributed by atoms with Crippen molar-refractivity contribution in [1.82, 2.24) is 0 Å². The number of benzene rings is 2. The lowest BCUT2D eigenvalue weighted by Crippen LogP contribution is -2.26. The maximum absolute atomic E-state index is 12.9. The van der Waals surface area contributed by atoms with E-state index in [2.05, 4.69) is 0 Å². The number of fused-ring (bicyclic) bond motifs is 1. The van der Waals surface area contributed by atoms with Crippen molar-refractivity contribution >= 4 is 16.9 Å². The van der Waals surface area contributed by atoms with Crippen molar-refractivity contribution in [3.8, 4) is 11.5 Å². The molecule has 1 atom stereocenters. The number of hydrogen-bond donors (Lipinski definition) is 1. The number of aryl methyl sites for hydroxylation is 1. The fourth-order valence-corrected chi connectivity index (χ4v) is 2.57. The van der Waals surface area contributed by atoms with E-state index in [0.29, 0.717) is 22.3 Å². The first kappa shape index (κ1) is 18.4. The zero-order valence-electron chi connectivity index (χ0n) is 14.7. The number of carbonyl (C=O) groups excluding carboxylic acids is 1. The molecule has 0 aliphatic carbocycles. The van der Waals surface area contributed by atoms with Gasteiger partial charge in [-0.15, -0.1) is 0 Å². The van der Waals surface area contributed by atoms with Gasteiger partial charge in [-0.05, 0) is 50.2 Å². The van der Waals surface area contributed by atoms with Crippen molar-refractivity contribution in [2.45, 2.75) is 26.6 Å². The van der Waals surface area contributed by atoms with E-state index < -0.39 is 23.5 Å². The number of aromatic hydroxyl groups is 1. The van der Waals surface area contributed by atoms with Crippen LogP contribution in [0.3, 0.4) is 0 Å². The number of phenolic OH excluding ortho intramolecular Hbond substituents is 1. The Morgan fingerprint density at radius 2 is 1.93 bits per heavy atom. The Balaban J connectivity index is 1.74. The maximum Gasteiger partial charge on any atom is 0.347 e. The van der Waals surface area contributed by atoms with Gasteiger partial charge in [-0.25, -0.2) is 14.0 Å². The summed E-state index contributed by atoms with van der Waals surface area (Å²) in [7, 11) is 0. The first-order valence-electron chi connectivity index (χ1n) is 8.19. The number of esters is 1. The average Bonchev–Trinajstić information content (AvgIpc) is 2.64. The van der Waals surface area contributed by atoms with E-state index in [1.807, 2.05) is 0 Å². The van der Waals surface area contributed by atoms with Crippen LogP contribution < -0.4 is 10.4 Å². The van der Waals surface area contributed by atoms with E-state index in [9.17, 15) is 19.1 Å². The Labute approximate surface area is 153 Å². The zero-order chi connectivity index (χ0) is 19.6. The second kappa shape index (κ2) is 7.49. The summed E-state index contributed by atoms with van der Waals surface area (Å²) >= 11 is 0. The molecule has 0 aliphatic rings. The van der Waals surface area contributed by atoms with Crippen LogP contribution in [0.15, 0.2) is 51.7 Å². The number of halogens is 1. The molecule has 0 aliphatic heterocycles. The van der Waals surface area contributed by atoms with Crippen LogP contribution in [-0.4, -0.2) is 17.2 Å². The van der Waals surface area contributed by atoms with Crippen LogP contribution in [0.4, 0.5) is 4.39 Å². The Hall–Kier alpha value is -3.35. The minimum atomic E-state index is -0.923. The molecule has 1 heterocycles. The second-order valence-corrected chi connectivity index (χ2v) is 6.00. The fraction of sp³-hybridized carbons (Fsp3) is 0.200. The lowest BCUT2D eigenvalue weighted by Gasteiger charge is -2.14. The van der Waals surface area contributed by atoms with E-state index >= 15 is 0 Å². The van der Waals surface area contributed by atoms with Gasteiger partial charge in [0.1, 0.15) is 29.5 Å². The largest absolute Gasteiger partial charge is 0.508 e. The number of hydrogen-bond acceptors (Lipinski definition) is 6. The van der Waals surface area contributed by atoms with Crippen molar-refractivity contribution in [3.63, 3.8) is 0 Å². The molecule has 1 N–H and O–H groups in total. The van der Waals surface area contributed by atoms with Crippen LogP contribution in [0, 0.1) is 12.7 Å². The van der Waals surface area contributed by atoms with Gasteiger partial charge in [0.2, 0.25) is 0 Å². The molecule has 140 valence electrons. The van der Waals surface area contributed by atoms with Crippen LogP contribution in [0.25, 0.3) is 11.0 Å². The van der Waals surface area contributed by atoms with Gasteiger partial charge >= 0.3 is 11.6 Å². The minimum absolute atomic E-state index is 0.00103. The van der Waals surface area contributed by atoms with Crippen LogP contribution in [0.5, 0.6) is 11.5 Å². The zero-order valence-corrected chi connectivity index (χ0v) is 14.7. The number of carbonyl (C=O) groups is 1. The quantitative estimate of drug-likeness (QED) is 0.545. The lowest BCUT2D eigenvalue weighted by molar-refractivity contribution is -0.152. The van der Waals surface area contributed by atoms with Crippen LogP contribution in [-0.2, 0) is 16.1 Å². The van der Waals surface area contributed by atoms with Crippen molar-refractivity contribution in [1.29, 1.82) is 0 Å². The van der Waals surface area contributed by atoms with Gasteiger partial charge in [-0.3, -0.25) is 0 Å². The predicted octanol–water partition coefficient (Wildman–Crippen LogP) is 3.46. The van der Waals surface area contributed by atoms with E-state index in [1.165, 1.54) is 43.3 Å². The highest BCUT2D eigenvalue weighted by Gasteiger charge is 2.18. The molecule has 0 unspecified atom stereocenters. The Kier molecular flexibility index (Phi) is 5.12. The molecule has 0 spiro atoms. The molecule has 2 aromatic carbocycles. The Bertz CT molecular complexity index is 1040. The smallest absolute Gasteiger partial charge is 0.347 e. The van der Waals surface area contributed by atoms with Gasteiger partial charge in [0.15, 0.2) is 6.10 Å². The minimum Gasteiger partial charge on any atom is -0.508 e. The molecule has 27 heavy (non-hydrogen) atoms. The second-order valence-electron chi connectivity index (χ2n) is 6.00. The molecular formula is C20H17FO6. The number of phenols is 1. The average molecular weight is 372 g/mol. The fourth-order valence-electron chi connectivity index (χ4n) is 2.57. The molecule has 0 fully saturated rings. The summed E-state index contributed by atoms with van der Waals surface area (Å²) in [6.45, 7) is 2.96. The highest BCUT2D eigenvalue weighted by Crippen LogP contribution is 2.27. The van der Waals surface area contributed by atoms with Gasteiger partial charge < -0.3 is 19.0 Å². The van der Waals surface area contributed by atoms with Gasteiger partial charge in [-0.1, -0.05) is 0 Å². The van der Waals surface area contributed by atoms with Crippen molar-refractivity contribution < 1.29 is 28.2 Å². The normalized spacial score (nSPS) is 12.0. The maximum atomic E-state index is 12.9. The van der Waals surface area contributed by atoms with E-state index in [0.717, 1.165) is 0 Å². The topological polar surface area (TPSA) is 86.0 Å². The Morgan fingerprint density at radius 3 is 2.63 bits per heavy atom. The highest BCUT2D eigenvalue weighted by atomic mass is 19.1. The first-order valence-corrected chi connectivity index (χ1v) is 8.19. The number of rotatable bonds is 5. The summed E-state index contributed by atoms with van der Waals surface area (Å²) in [6.07, 6.45) is -0.923. The van der Waals surface area contributed by atoms with Gasteiger partial charge in [0, 0.05) is 22.6 Å². The van der Waals surface area contributed by atoms with E-state index in [1.54, 1.807) is 13.0 Å². The van der Waals surface area contributed by atoms with E-state index in [-0.39, 0.29) is 17.9 Å². The SMILES string of the molecule is Cc1c(O)ccc2c(COC(=O)[C@@H](C)Oc3ccc(F)cc3)cc(=O)oc12. The van der Waals surface area contributed by atoms with Crippen molar-refractivity contribution in [2.75, 3.05) is 0 Å².